The van der Waals surface area contributed by atoms with E-state index in [9.17, 15) is 4.79 Å². The zero-order valence-corrected chi connectivity index (χ0v) is 5.37. The largest absolute Gasteiger partial charge is 0.481 e. The van der Waals surface area contributed by atoms with Crippen molar-refractivity contribution >= 4 is 5.97 Å². The number of rotatable bonds is 3. The Labute approximate surface area is 57.9 Å². The molecule has 0 amide bonds. The number of carboxylic acids is 1. The topological polar surface area (TPSA) is 66.0 Å². The van der Waals surface area contributed by atoms with Gasteiger partial charge in [-0.3, -0.25) is 9.89 Å². The summed E-state index contributed by atoms with van der Waals surface area (Å²) in [6.07, 6.45) is 2.29. The van der Waals surface area contributed by atoms with Crippen LogP contribution in [0, 0.1) is 0 Å². The summed E-state index contributed by atoms with van der Waals surface area (Å²) >= 11 is 0. The van der Waals surface area contributed by atoms with Gasteiger partial charge < -0.3 is 5.11 Å². The fourth-order valence-electron chi connectivity index (χ4n) is 0.666. The highest BCUT2D eigenvalue weighted by Gasteiger charge is 1.98. The van der Waals surface area contributed by atoms with Gasteiger partial charge in [-0.2, -0.15) is 5.10 Å². The Morgan fingerprint density at radius 2 is 2.60 bits per heavy atom. The number of aryl methyl sites for hydroxylation is 1. The fraction of sp³-hybridized carbons (Fsp3) is 0.333. The van der Waals surface area contributed by atoms with Crippen molar-refractivity contribution in [2.45, 2.75) is 12.8 Å². The third kappa shape index (κ3) is 1.89. The average molecular weight is 140 g/mol. The summed E-state index contributed by atoms with van der Waals surface area (Å²) in [6, 6.07) is 1.77. The number of nitrogens with one attached hydrogen (secondary N) is 1. The Bertz CT molecular complexity index is 206. The Balaban J connectivity index is 2.35. The summed E-state index contributed by atoms with van der Waals surface area (Å²) < 4.78 is 0. The van der Waals surface area contributed by atoms with Gasteiger partial charge in [-0.05, 0) is 12.5 Å². The van der Waals surface area contributed by atoms with Gasteiger partial charge in [0.2, 0.25) is 0 Å². The minimum absolute atomic E-state index is 0.155. The summed E-state index contributed by atoms with van der Waals surface area (Å²) in [5.74, 6) is -0.783. The van der Waals surface area contributed by atoms with E-state index in [1.165, 1.54) is 0 Å². The van der Waals surface area contributed by atoms with E-state index in [0.717, 1.165) is 5.69 Å². The van der Waals surface area contributed by atoms with E-state index >= 15 is 0 Å². The zero-order valence-electron chi connectivity index (χ0n) is 5.37. The normalized spacial score (nSPS) is 9.60. The highest BCUT2D eigenvalue weighted by molar-refractivity contribution is 5.66. The van der Waals surface area contributed by atoms with Crippen LogP contribution in [0.4, 0.5) is 0 Å². The van der Waals surface area contributed by atoms with Gasteiger partial charge in [-0.15, -0.1) is 0 Å². The molecule has 1 heterocycles. The highest BCUT2D eigenvalue weighted by Crippen LogP contribution is 1.95. The average Bonchev–Trinajstić information content (AvgIpc) is 2.34. The molecule has 0 aliphatic heterocycles. The van der Waals surface area contributed by atoms with Gasteiger partial charge in [0.1, 0.15) is 0 Å². The molecule has 1 aromatic heterocycles. The molecule has 0 spiro atoms. The lowest BCUT2D eigenvalue weighted by molar-refractivity contribution is -0.136. The zero-order chi connectivity index (χ0) is 7.40. The first-order chi connectivity index (χ1) is 4.79. The number of carboxylic acid groups (broad SMARTS) is 1. The second-order valence-electron chi connectivity index (χ2n) is 1.98. The van der Waals surface area contributed by atoms with Crippen LogP contribution in [-0.4, -0.2) is 21.3 Å². The molecule has 10 heavy (non-hydrogen) atoms. The van der Waals surface area contributed by atoms with Gasteiger partial charge in [0.15, 0.2) is 0 Å². The fourth-order valence-corrected chi connectivity index (χ4v) is 0.666. The molecule has 0 radical (unpaired) electrons. The second-order valence-corrected chi connectivity index (χ2v) is 1.98. The van der Waals surface area contributed by atoms with Crippen LogP contribution in [0.15, 0.2) is 12.3 Å². The van der Waals surface area contributed by atoms with Gasteiger partial charge in [0.25, 0.3) is 0 Å². The van der Waals surface area contributed by atoms with E-state index in [4.69, 9.17) is 5.11 Å². The van der Waals surface area contributed by atoms with Crippen molar-refractivity contribution < 1.29 is 9.90 Å². The lowest BCUT2D eigenvalue weighted by Crippen LogP contribution is -1.97. The molecule has 0 unspecified atom stereocenters. The number of nitrogens with zero attached hydrogens (tertiary/aromatic N) is 1. The Morgan fingerprint density at radius 3 is 3.10 bits per heavy atom. The standard InChI is InChI=1S/C6H8N2O2/c9-6(10)2-1-5-3-4-7-8-5/h3-4H,1-2H2,(H,7,8)(H,9,10). The molecule has 0 fully saturated rings. The second kappa shape index (κ2) is 3.00. The summed E-state index contributed by atoms with van der Waals surface area (Å²) in [5.41, 5.74) is 0.863. The van der Waals surface area contributed by atoms with Crippen molar-refractivity contribution in [3.8, 4) is 0 Å². The monoisotopic (exact) mass is 140 g/mol. The van der Waals surface area contributed by atoms with Crippen LogP contribution in [0.1, 0.15) is 12.1 Å². The molecule has 0 aliphatic carbocycles. The minimum atomic E-state index is -0.783. The van der Waals surface area contributed by atoms with E-state index in [2.05, 4.69) is 10.2 Å². The van der Waals surface area contributed by atoms with Crippen LogP contribution in [0.3, 0.4) is 0 Å². The number of hydrogen-bond acceptors (Lipinski definition) is 2. The van der Waals surface area contributed by atoms with Crippen LogP contribution < -0.4 is 0 Å². The molecule has 0 aromatic carbocycles. The molecular formula is C6H8N2O2. The van der Waals surface area contributed by atoms with E-state index in [1.54, 1.807) is 12.3 Å². The minimum Gasteiger partial charge on any atom is -0.481 e. The van der Waals surface area contributed by atoms with Crippen molar-refractivity contribution in [1.82, 2.24) is 10.2 Å². The van der Waals surface area contributed by atoms with Crippen LogP contribution in [0.25, 0.3) is 0 Å². The quantitative estimate of drug-likeness (QED) is 0.639. The van der Waals surface area contributed by atoms with Crippen LogP contribution in [-0.2, 0) is 11.2 Å². The predicted molar refractivity (Wildman–Crippen MR) is 34.5 cm³/mol. The maximum absolute atomic E-state index is 10.1. The summed E-state index contributed by atoms with van der Waals surface area (Å²) in [5, 5.41) is 14.6. The summed E-state index contributed by atoms with van der Waals surface area (Å²) in [7, 11) is 0. The number of aromatic amines is 1. The molecule has 0 saturated heterocycles. The molecular weight excluding hydrogens is 132 g/mol. The molecule has 4 nitrogen and oxygen atoms in total. The molecule has 1 rings (SSSR count). The number of aromatic nitrogens is 2. The smallest absolute Gasteiger partial charge is 0.303 e. The molecule has 54 valence electrons. The lowest BCUT2D eigenvalue weighted by Gasteiger charge is -1.89. The molecule has 2 N–H and O–H groups in total. The first-order valence-corrected chi connectivity index (χ1v) is 2.99. The first-order valence-electron chi connectivity index (χ1n) is 2.99. The van der Waals surface area contributed by atoms with Crippen molar-refractivity contribution in [3.05, 3.63) is 18.0 Å². The predicted octanol–water partition coefficient (Wildman–Crippen LogP) is 0.427. The van der Waals surface area contributed by atoms with Crippen molar-refractivity contribution in [2.75, 3.05) is 0 Å². The van der Waals surface area contributed by atoms with Crippen molar-refractivity contribution in [1.29, 1.82) is 0 Å². The van der Waals surface area contributed by atoms with Gasteiger partial charge in [0, 0.05) is 11.9 Å². The number of hydrogen-bond donors (Lipinski definition) is 2. The van der Waals surface area contributed by atoms with Crippen LogP contribution >= 0.6 is 0 Å². The number of carbonyl (C=O) groups is 1. The third-order valence-corrected chi connectivity index (χ3v) is 1.17. The number of H-pyrrole nitrogens is 1. The van der Waals surface area contributed by atoms with Gasteiger partial charge in [-0.1, -0.05) is 0 Å². The Morgan fingerprint density at radius 1 is 1.80 bits per heavy atom. The number of aliphatic carboxylic acids is 1. The first kappa shape index (κ1) is 6.80. The van der Waals surface area contributed by atoms with Crippen molar-refractivity contribution in [3.63, 3.8) is 0 Å². The Kier molecular flexibility index (Phi) is 2.04. The van der Waals surface area contributed by atoms with Gasteiger partial charge in [-0.25, -0.2) is 0 Å². The third-order valence-electron chi connectivity index (χ3n) is 1.17. The van der Waals surface area contributed by atoms with Crippen LogP contribution in [0.5, 0.6) is 0 Å². The summed E-state index contributed by atoms with van der Waals surface area (Å²) in [6.45, 7) is 0. The van der Waals surface area contributed by atoms with E-state index in [-0.39, 0.29) is 6.42 Å². The lowest BCUT2D eigenvalue weighted by atomic mass is 10.2. The maximum atomic E-state index is 10.1. The maximum Gasteiger partial charge on any atom is 0.303 e. The van der Waals surface area contributed by atoms with E-state index in [0.29, 0.717) is 6.42 Å². The van der Waals surface area contributed by atoms with Crippen molar-refractivity contribution in [2.24, 2.45) is 0 Å². The van der Waals surface area contributed by atoms with Gasteiger partial charge >= 0.3 is 5.97 Å². The molecule has 1 aromatic rings. The highest BCUT2D eigenvalue weighted by atomic mass is 16.4. The molecule has 0 atom stereocenters. The van der Waals surface area contributed by atoms with Crippen LogP contribution in [0.2, 0.25) is 0 Å². The molecule has 4 heteroatoms. The van der Waals surface area contributed by atoms with Gasteiger partial charge in [0.05, 0.1) is 6.42 Å². The summed E-state index contributed by atoms with van der Waals surface area (Å²) in [4.78, 5) is 10.1. The SMILES string of the molecule is O=C(O)CCc1ccn[nH]1. The van der Waals surface area contributed by atoms with E-state index < -0.39 is 5.97 Å². The molecule has 0 aliphatic rings. The Hall–Kier alpha value is -1.32. The molecule has 0 saturated carbocycles. The molecule has 0 bridgehead atoms. The van der Waals surface area contributed by atoms with E-state index in [1.807, 2.05) is 0 Å².